The van der Waals surface area contributed by atoms with E-state index in [1.54, 1.807) is 7.05 Å². The third-order valence-electron chi connectivity index (χ3n) is 5.28. The van der Waals surface area contributed by atoms with Crippen LogP contribution in [0.25, 0.3) is 0 Å². The van der Waals surface area contributed by atoms with Crippen LogP contribution in [-0.2, 0) is 22.6 Å². The molecule has 1 aromatic carbocycles. The van der Waals surface area contributed by atoms with Crippen molar-refractivity contribution in [2.75, 3.05) is 39.9 Å². The molecule has 1 amide bonds. The summed E-state index contributed by atoms with van der Waals surface area (Å²) in [6.07, 6.45) is -0.405. The monoisotopic (exact) mass is 447 g/mol. The van der Waals surface area contributed by atoms with Gasteiger partial charge in [-0.05, 0) is 37.8 Å². The lowest BCUT2D eigenvalue weighted by molar-refractivity contribution is 0.0340. The number of carbonyl (C=O) groups excluding carboxylic acids is 1. The molecule has 1 unspecified atom stereocenters. The summed E-state index contributed by atoms with van der Waals surface area (Å²) < 4.78 is 10.9. The van der Waals surface area contributed by atoms with Crippen LogP contribution in [-0.4, -0.2) is 68.5 Å². The standard InChI is InChI=1S/C24H41N5O3/c1-18(2)21(28-23(30)32-24(3,4)5)16-27-22(25-6)26-15-19-9-7-8-10-20(19)17-29-11-13-31-14-12-29/h7-10,18,21H,11-17H2,1-6H3,(H,28,30)(H2,25,26,27). The maximum Gasteiger partial charge on any atom is 0.407 e. The van der Waals surface area contributed by atoms with E-state index in [1.807, 2.05) is 20.8 Å². The van der Waals surface area contributed by atoms with Gasteiger partial charge in [0.15, 0.2) is 5.96 Å². The van der Waals surface area contributed by atoms with E-state index in [4.69, 9.17) is 9.47 Å². The molecule has 1 fully saturated rings. The number of alkyl carbamates (subject to hydrolysis) is 1. The maximum absolute atomic E-state index is 12.2. The summed E-state index contributed by atoms with van der Waals surface area (Å²) in [6.45, 7) is 15.4. The molecule has 0 bridgehead atoms. The summed E-state index contributed by atoms with van der Waals surface area (Å²) in [6, 6.07) is 8.40. The molecule has 0 spiro atoms. The summed E-state index contributed by atoms with van der Waals surface area (Å²) >= 11 is 0. The van der Waals surface area contributed by atoms with Crippen molar-refractivity contribution in [2.24, 2.45) is 10.9 Å². The average molecular weight is 448 g/mol. The van der Waals surface area contributed by atoms with Crippen LogP contribution in [0.2, 0.25) is 0 Å². The third kappa shape index (κ3) is 9.44. The second-order valence-electron chi connectivity index (χ2n) is 9.46. The third-order valence-corrected chi connectivity index (χ3v) is 5.28. The van der Waals surface area contributed by atoms with E-state index < -0.39 is 11.7 Å². The van der Waals surface area contributed by atoms with Crippen molar-refractivity contribution in [2.45, 2.75) is 59.4 Å². The van der Waals surface area contributed by atoms with Crippen LogP contribution in [0.3, 0.4) is 0 Å². The molecule has 1 aromatic rings. The molecule has 0 aromatic heterocycles. The van der Waals surface area contributed by atoms with Gasteiger partial charge in [0.25, 0.3) is 0 Å². The summed E-state index contributed by atoms with van der Waals surface area (Å²) in [5, 5.41) is 9.69. The van der Waals surface area contributed by atoms with E-state index in [2.05, 4.69) is 64.0 Å². The maximum atomic E-state index is 12.2. The van der Waals surface area contributed by atoms with Crippen LogP contribution in [0, 0.1) is 5.92 Å². The molecule has 1 aliphatic rings. The van der Waals surface area contributed by atoms with Gasteiger partial charge in [0.2, 0.25) is 0 Å². The number of hydrogen-bond acceptors (Lipinski definition) is 5. The number of ether oxygens (including phenoxy) is 2. The van der Waals surface area contributed by atoms with Gasteiger partial charge in [-0.3, -0.25) is 9.89 Å². The molecule has 32 heavy (non-hydrogen) atoms. The summed E-state index contributed by atoms with van der Waals surface area (Å²) in [7, 11) is 1.75. The van der Waals surface area contributed by atoms with Crippen molar-refractivity contribution >= 4 is 12.1 Å². The number of hydrogen-bond donors (Lipinski definition) is 3. The molecule has 1 aliphatic heterocycles. The molecule has 0 radical (unpaired) electrons. The number of rotatable bonds is 8. The van der Waals surface area contributed by atoms with Crippen molar-refractivity contribution in [1.82, 2.24) is 20.9 Å². The Labute approximate surface area is 193 Å². The Morgan fingerprint density at radius 3 is 2.41 bits per heavy atom. The lowest BCUT2D eigenvalue weighted by Crippen LogP contribution is -2.50. The molecular formula is C24H41N5O3. The lowest BCUT2D eigenvalue weighted by atomic mass is 10.0. The zero-order valence-corrected chi connectivity index (χ0v) is 20.5. The minimum atomic E-state index is -0.523. The SMILES string of the molecule is CN=C(NCc1ccccc1CN1CCOCC1)NCC(NC(=O)OC(C)(C)C)C(C)C. The highest BCUT2D eigenvalue weighted by Gasteiger charge is 2.21. The highest BCUT2D eigenvalue weighted by Crippen LogP contribution is 2.13. The van der Waals surface area contributed by atoms with Crippen molar-refractivity contribution in [1.29, 1.82) is 0 Å². The van der Waals surface area contributed by atoms with Crippen LogP contribution >= 0.6 is 0 Å². The fourth-order valence-corrected chi connectivity index (χ4v) is 3.40. The minimum absolute atomic E-state index is 0.0861. The molecule has 2 rings (SSSR count). The van der Waals surface area contributed by atoms with Gasteiger partial charge in [0, 0.05) is 39.8 Å². The Morgan fingerprint density at radius 1 is 1.16 bits per heavy atom. The van der Waals surface area contributed by atoms with E-state index >= 15 is 0 Å². The van der Waals surface area contributed by atoms with Gasteiger partial charge >= 0.3 is 6.09 Å². The summed E-state index contributed by atoms with van der Waals surface area (Å²) in [4.78, 5) is 18.9. The van der Waals surface area contributed by atoms with Gasteiger partial charge < -0.3 is 25.4 Å². The predicted molar refractivity (Wildman–Crippen MR) is 129 cm³/mol. The van der Waals surface area contributed by atoms with Crippen LogP contribution in [0.1, 0.15) is 45.7 Å². The van der Waals surface area contributed by atoms with Gasteiger partial charge in [-0.15, -0.1) is 0 Å². The van der Waals surface area contributed by atoms with E-state index in [0.717, 1.165) is 32.8 Å². The number of carbonyl (C=O) groups is 1. The van der Waals surface area contributed by atoms with Crippen LogP contribution in [0.15, 0.2) is 29.3 Å². The molecule has 8 heteroatoms. The van der Waals surface area contributed by atoms with E-state index in [1.165, 1.54) is 11.1 Å². The number of nitrogens with zero attached hydrogens (tertiary/aromatic N) is 2. The van der Waals surface area contributed by atoms with Crippen molar-refractivity contribution < 1.29 is 14.3 Å². The number of guanidine groups is 1. The highest BCUT2D eigenvalue weighted by atomic mass is 16.6. The number of morpholine rings is 1. The Bertz CT molecular complexity index is 739. The second kappa shape index (κ2) is 12.6. The second-order valence-corrected chi connectivity index (χ2v) is 9.46. The Balaban J connectivity index is 1.88. The van der Waals surface area contributed by atoms with E-state index in [0.29, 0.717) is 19.0 Å². The van der Waals surface area contributed by atoms with Crippen LogP contribution in [0.4, 0.5) is 4.79 Å². The van der Waals surface area contributed by atoms with Crippen molar-refractivity contribution in [3.8, 4) is 0 Å². The number of amides is 1. The first-order valence-corrected chi connectivity index (χ1v) is 11.5. The van der Waals surface area contributed by atoms with Gasteiger partial charge in [0.1, 0.15) is 5.60 Å². The Hall–Kier alpha value is -2.32. The van der Waals surface area contributed by atoms with E-state index in [-0.39, 0.29) is 12.0 Å². The normalized spacial score (nSPS) is 16.5. The predicted octanol–water partition coefficient (Wildman–Crippen LogP) is 2.73. The molecule has 1 heterocycles. The Kier molecular flexibility index (Phi) is 10.3. The largest absolute Gasteiger partial charge is 0.444 e. The smallest absolute Gasteiger partial charge is 0.407 e. The molecule has 0 aliphatic carbocycles. The Morgan fingerprint density at radius 2 is 1.81 bits per heavy atom. The molecule has 1 saturated heterocycles. The highest BCUT2D eigenvalue weighted by molar-refractivity contribution is 5.79. The minimum Gasteiger partial charge on any atom is -0.444 e. The quantitative estimate of drug-likeness (QED) is 0.420. The number of aliphatic imine (C=N–C) groups is 1. The molecule has 8 nitrogen and oxygen atoms in total. The first-order valence-electron chi connectivity index (χ1n) is 11.5. The zero-order valence-electron chi connectivity index (χ0n) is 20.5. The first kappa shape index (κ1) is 25.9. The van der Waals surface area contributed by atoms with Gasteiger partial charge in [-0.2, -0.15) is 0 Å². The summed E-state index contributed by atoms with van der Waals surface area (Å²) in [5.41, 5.74) is 2.03. The van der Waals surface area contributed by atoms with Crippen molar-refractivity contribution in [3.05, 3.63) is 35.4 Å². The molecule has 180 valence electrons. The number of benzene rings is 1. The lowest BCUT2D eigenvalue weighted by Gasteiger charge is -2.28. The van der Waals surface area contributed by atoms with Crippen molar-refractivity contribution in [3.63, 3.8) is 0 Å². The zero-order chi connectivity index (χ0) is 23.6. The summed E-state index contributed by atoms with van der Waals surface area (Å²) in [5.74, 6) is 0.935. The van der Waals surface area contributed by atoms with Gasteiger partial charge in [-0.25, -0.2) is 4.79 Å². The topological polar surface area (TPSA) is 87.2 Å². The first-order chi connectivity index (χ1) is 15.2. The molecular weight excluding hydrogens is 406 g/mol. The molecule has 3 N–H and O–H groups in total. The van der Waals surface area contributed by atoms with Crippen LogP contribution in [0.5, 0.6) is 0 Å². The molecule has 0 saturated carbocycles. The average Bonchev–Trinajstić information content (AvgIpc) is 2.73. The van der Waals surface area contributed by atoms with Gasteiger partial charge in [-0.1, -0.05) is 38.1 Å². The van der Waals surface area contributed by atoms with Gasteiger partial charge in [0.05, 0.1) is 19.3 Å². The fourth-order valence-electron chi connectivity index (χ4n) is 3.40. The van der Waals surface area contributed by atoms with E-state index in [9.17, 15) is 4.79 Å². The van der Waals surface area contributed by atoms with Crippen LogP contribution < -0.4 is 16.0 Å². The number of nitrogens with one attached hydrogen (secondary N) is 3. The fraction of sp³-hybridized carbons (Fsp3) is 0.667. The molecule has 1 atom stereocenters.